The van der Waals surface area contributed by atoms with E-state index in [0.717, 1.165) is 5.69 Å². The number of benzene rings is 1. The van der Waals surface area contributed by atoms with Gasteiger partial charge in [-0.1, -0.05) is 12.1 Å². The summed E-state index contributed by atoms with van der Waals surface area (Å²) in [5.41, 5.74) is 0.381. The number of amides is 2. The van der Waals surface area contributed by atoms with Gasteiger partial charge in [0.1, 0.15) is 11.4 Å². The van der Waals surface area contributed by atoms with E-state index in [1.165, 1.54) is 31.3 Å². The van der Waals surface area contributed by atoms with Crippen LogP contribution < -0.4 is 15.5 Å². The average molecular weight is 332 g/mol. The second-order valence-electron chi connectivity index (χ2n) is 5.92. The third-order valence-corrected chi connectivity index (χ3v) is 3.54. The van der Waals surface area contributed by atoms with E-state index in [0.29, 0.717) is 11.3 Å². The monoisotopic (exact) mass is 332 g/mol. The molecule has 24 heavy (non-hydrogen) atoms. The number of hydrogen-bond donors (Lipinski definition) is 3. The van der Waals surface area contributed by atoms with Gasteiger partial charge in [0, 0.05) is 14.1 Å². The molecular weight excluding hydrogens is 311 g/mol. The highest BCUT2D eigenvalue weighted by Gasteiger charge is 2.24. The highest BCUT2D eigenvalue weighted by Crippen LogP contribution is 2.20. The Kier molecular flexibility index (Phi) is 5.35. The van der Waals surface area contributed by atoms with Crippen molar-refractivity contribution in [3.05, 3.63) is 54.1 Å². The van der Waals surface area contributed by atoms with E-state index >= 15 is 0 Å². The molecule has 128 valence electrons. The van der Waals surface area contributed by atoms with E-state index in [2.05, 4.69) is 15.6 Å². The molecule has 0 radical (unpaired) electrons. The largest absolute Gasteiger partial charge is 0.384 e. The minimum atomic E-state index is -1.39. The van der Waals surface area contributed by atoms with E-state index < -0.39 is 17.4 Å². The minimum absolute atomic E-state index is 0.0664. The number of urea groups is 1. The van der Waals surface area contributed by atoms with Crippen molar-refractivity contribution in [1.29, 1.82) is 0 Å². The molecule has 0 spiro atoms. The topological polar surface area (TPSA) is 77.5 Å². The van der Waals surface area contributed by atoms with Gasteiger partial charge < -0.3 is 20.6 Å². The molecule has 2 amide bonds. The molecular formula is C17H21FN4O2. The number of aromatic nitrogens is 1. The fourth-order valence-corrected chi connectivity index (χ4v) is 2.09. The second-order valence-corrected chi connectivity index (χ2v) is 5.92. The number of hydrogen-bond acceptors (Lipinski definition) is 4. The summed E-state index contributed by atoms with van der Waals surface area (Å²) in [7, 11) is 3.74. The first-order valence-corrected chi connectivity index (χ1v) is 7.43. The number of pyridine rings is 1. The predicted molar refractivity (Wildman–Crippen MR) is 91.6 cm³/mol. The number of nitrogens with one attached hydrogen (secondary N) is 2. The van der Waals surface area contributed by atoms with Gasteiger partial charge in [0.05, 0.1) is 30.3 Å². The molecule has 3 N–H and O–H groups in total. The van der Waals surface area contributed by atoms with Crippen molar-refractivity contribution >= 4 is 17.4 Å². The molecule has 1 aromatic heterocycles. The van der Waals surface area contributed by atoms with Crippen molar-refractivity contribution in [2.24, 2.45) is 0 Å². The van der Waals surface area contributed by atoms with Crippen LogP contribution in [0.4, 0.5) is 20.6 Å². The average Bonchev–Trinajstić information content (AvgIpc) is 2.53. The lowest BCUT2D eigenvalue weighted by Gasteiger charge is -2.24. The van der Waals surface area contributed by atoms with Crippen LogP contribution in [0.1, 0.15) is 12.5 Å². The Morgan fingerprint density at radius 3 is 2.75 bits per heavy atom. The lowest BCUT2D eigenvalue weighted by Crippen LogP contribution is -2.40. The minimum Gasteiger partial charge on any atom is -0.384 e. The summed E-state index contributed by atoms with van der Waals surface area (Å²) in [4.78, 5) is 17.9. The summed E-state index contributed by atoms with van der Waals surface area (Å²) in [5.74, 6) is -0.441. The van der Waals surface area contributed by atoms with Crippen molar-refractivity contribution in [1.82, 2.24) is 10.3 Å². The molecule has 0 aliphatic heterocycles. The maximum atomic E-state index is 13.3. The summed E-state index contributed by atoms with van der Waals surface area (Å²) in [6.45, 7) is 1.44. The molecule has 0 saturated heterocycles. The third-order valence-electron chi connectivity index (χ3n) is 3.54. The van der Waals surface area contributed by atoms with E-state index in [-0.39, 0.29) is 6.54 Å². The first-order chi connectivity index (χ1) is 11.3. The van der Waals surface area contributed by atoms with Crippen molar-refractivity contribution in [2.75, 3.05) is 30.9 Å². The summed E-state index contributed by atoms with van der Waals surface area (Å²) < 4.78 is 13.3. The fourth-order valence-electron chi connectivity index (χ4n) is 2.09. The summed E-state index contributed by atoms with van der Waals surface area (Å²) in [6, 6.07) is 6.95. The molecule has 0 saturated carbocycles. The summed E-state index contributed by atoms with van der Waals surface area (Å²) in [6.07, 6.45) is 3.20. The Bertz CT molecular complexity index is 719. The number of carbonyl (C=O) groups excluding carboxylic acids is 1. The second kappa shape index (κ2) is 7.27. The van der Waals surface area contributed by atoms with Crippen LogP contribution >= 0.6 is 0 Å². The standard InChI is InChI=1S/C17H21FN4O2/c1-17(24,12-5-4-6-13(18)7-12)11-20-16(23)21-14-8-15(22(2)3)10-19-9-14/h4-10,24H,11H2,1-3H3,(H2,20,21,23). The van der Waals surface area contributed by atoms with Crippen molar-refractivity contribution in [3.8, 4) is 0 Å². The Hall–Kier alpha value is -2.67. The number of rotatable bonds is 5. The number of aliphatic hydroxyl groups is 1. The van der Waals surface area contributed by atoms with Crippen molar-refractivity contribution in [2.45, 2.75) is 12.5 Å². The lowest BCUT2D eigenvalue weighted by molar-refractivity contribution is 0.0596. The van der Waals surface area contributed by atoms with Crippen LogP contribution in [-0.4, -0.2) is 36.8 Å². The Balaban J connectivity index is 1.96. The van der Waals surface area contributed by atoms with E-state index in [9.17, 15) is 14.3 Å². The molecule has 6 nitrogen and oxygen atoms in total. The van der Waals surface area contributed by atoms with Gasteiger partial charge in [-0.25, -0.2) is 9.18 Å². The SMILES string of the molecule is CN(C)c1cncc(NC(=O)NCC(C)(O)c2cccc(F)c2)c1. The predicted octanol–water partition coefficient (Wildman–Crippen LogP) is 2.32. The molecule has 0 aliphatic rings. The number of carbonyl (C=O) groups is 1. The van der Waals surface area contributed by atoms with Gasteiger partial charge in [0.2, 0.25) is 0 Å². The van der Waals surface area contributed by atoms with Gasteiger partial charge in [0.15, 0.2) is 0 Å². The van der Waals surface area contributed by atoms with Gasteiger partial charge >= 0.3 is 6.03 Å². The maximum Gasteiger partial charge on any atom is 0.319 e. The number of nitrogens with zero attached hydrogens (tertiary/aromatic N) is 2. The van der Waals surface area contributed by atoms with Crippen LogP contribution in [-0.2, 0) is 5.60 Å². The van der Waals surface area contributed by atoms with E-state index in [4.69, 9.17) is 0 Å². The molecule has 7 heteroatoms. The smallest absolute Gasteiger partial charge is 0.319 e. The Labute approximate surface area is 140 Å². The van der Waals surface area contributed by atoms with Crippen molar-refractivity contribution < 1.29 is 14.3 Å². The van der Waals surface area contributed by atoms with Crippen LogP contribution in [0.15, 0.2) is 42.7 Å². The molecule has 1 atom stereocenters. The molecule has 1 aromatic carbocycles. The summed E-state index contributed by atoms with van der Waals surface area (Å²) in [5, 5.41) is 15.6. The molecule has 0 aliphatic carbocycles. The molecule has 1 heterocycles. The van der Waals surface area contributed by atoms with E-state index in [1.807, 2.05) is 19.0 Å². The first-order valence-electron chi connectivity index (χ1n) is 7.43. The van der Waals surface area contributed by atoms with Crippen LogP contribution in [0, 0.1) is 5.82 Å². The number of halogens is 1. The van der Waals surface area contributed by atoms with Crippen LogP contribution in [0.25, 0.3) is 0 Å². The van der Waals surface area contributed by atoms with Crippen LogP contribution in [0.2, 0.25) is 0 Å². The highest BCUT2D eigenvalue weighted by molar-refractivity contribution is 5.89. The molecule has 0 fully saturated rings. The van der Waals surface area contributed by atoms with Gasteiger partial charge in [-0.3, -0.25) is 4.98 Å². The highest BCUT2D eigenvalue weighted by atomic mass is 19.1. The van der Waals surface area contributed by atoms with Gasteiger partial charge in [-0.2, -0.15) is 0 Å². The zero-order valence-corrected chi connectivity index (χ0v) is 13.9. The van der Waals surface area contributed by atoms with E-state index in [1.54, 1.807) is 18.3 Å². The van der Waals surface area contributed by atoms with Crippen molar-refractivity contribution in [3.63, 3.8) is 0 Å². The molecule has 2 aromatic rings. The van der Waals surface area contributed by atoms with Gasteiger partial charge in [-0.05, 0) is 30.7 Å². The maximum absolute atomic E-state index is 13.3. The Morgan fingerprint density at radius 2 is 2.08 bits per heavy atom. The molecule has 1 unspecified atom stereocenters. The zero-order valence-electron chi connectivity index (χ0n) is 13.9. The molecule has 2 rings (SSSR count). The third kappa shape index (κ3) is 4.66. The fraction of sp³-hybridized carbons (Fsp3) is 0.294. The quantitative estimate of drug-likeness (QED) is 0.785. The van der Waals surface area contributed by atoms with Crippen LogP contribution in [0.3, 0.4) is 0 Å². The normalized spacial score (nSPS) is 13.0. The molecule has 0 bridgehead atoms. The van der Waals surface area contributed by atoms with Gasteiger partial charge in [-0.15, -0.1) is 0 Å². The number of anilines is 2. The zero-order chi connectivity index (χ0) is 17.7. The summed E-state index contributed by atoms with van der Waals surface area (Å²) >= 11 is 0. The van der Waals surface area contributed by atoms with Crippen LogP contribution in [0.5, 0.6) is 0 Å². The van der Waals surface area contributed by atoms with Gasteiger partial charge in [0.25, 0.3) is 0 Å². The lowest BCUT2D eigenvalue weighted by atomic mass is 9.96. The Morgan fingerprint density at radius 1 is 1.33 bits per heavy atom. The first kappa shape index (κ1) is 17.7.